The zero-order valence-electron chi connectivity index (χ0n) is 13.5. The molecular formula is C19H16N2O4. The molecular weight excluding hydrogens is 320 g/mol. The lowest BCUT2D eigenvalue weighted by Gasteiger charge is -2.16. The highest BCUT2D eigenvalue weighted by Gasteiger charge is 2.16. The van der Waals surface area contributed by atoms with Gasteiger partial charge in [-0.25, -0.2) is 0 Å². The second-order valence-corrected chi connectivity index (χ2v) is 5.13. The Morgan fingerprint density at radius 1 is 1.00 bits per heavy atom. The van der Waals surface area contributed by atoms with Crippen LogP contribution in [0.25, 0.3) is 0 Å². The molecule has 0 aliphatic heterocycles. The van der Waals surface area contributed by atoms with Crippen molar-refractivity contribution in [3.63, 3.8) is 0 Å². The van der Waals surface area contributed by atoms with E-state index in [1.54, 1.807) is 80.2 Å². The molecule has 0 fully saturated rings. The Kier molecular flexibility index (Phi) is 4.92. The molecule has 126 valence electrons. The fourth-order valence-electron chi connectivity index (χ4n) is 2.20. The first-order chi connectivity index (χ1) is 12.2. The van der Waals surface area contributed by atoms with E-state index in [9.17, 15) is 10.0 Å². The van der Waals surface area contributed by atoms with Crippen molar-refractivity contribution in [2.24, 2.45) is 0 Å². The number of carbonyl (C=O) groups excluding carboxylic acids is 1. The van der Waals surface area contributed by atoms with Gasteiger partial charge in [-0.2, -0.15) is 5.06 Å². The predicted octanol–water partition coefficient (Wildman–Crippen LogP) is 3.92. The van der Waals surface area contributed by atoms with E-state index >= 15 is 0 Å². The molecule has 0 bridgehead atoms. The topological polar surface area (TPSA) is 71.9 Å². The second-order valence-electron chi connectivity index (χ2n) is 5.13. The van der Waals surface area contributed by atoms with Crippen LogP contribution in [0.15, 0.2) is 73.1 Å². The molecule has 6 heteroatoms. The van der Waals surface area contributed by atoms with E-state index in [1.807, 2.05) is 0 Å². The van der Waals surface area contributed by atoms with Gasteiger partial charge in [-0.1, -0.05) is 6.07 Å². The van der Waals surface area contributed by atoms with Gasteiger partial charge in [-0.15, -0.1) is 0 Å². The number of hydrogen-bond donors (Lipinski definition) is 1. The van der Waals surface area contributed by atoms with E-state index in [4.69, 9.17) is 9.47 Å². The average Bonchev–Trinajstić information content (AvgIpc) is 2.68. The van der Waals surface area contributed by atoms with E-state index in [2.05, 4.69) is 4.98 Å². The van der Waals surface area contributed by atoms with Gasteiger partial charge < -0.3 is 9.47 Å². The smallest absolute Gasteiger partial charge is 0.281 e. The van der Waals surface area contributed by atoms with E-state index in [0.29, 0.717) is 33.6 Å². The molecule has 0 aliphatic carbocycles. The van der Waals surface area contributed by atoms with E-state index in [-0.39, 0.29) is 0 Å². The fourth-order valence-corrected chi connectivity index (χ4v) is 2.20. The number of hydroxylamine groups is 1. The Morgan fingerprint density at radius 3 is 2.44 bits per heavy atom. The molecule has 0 unspecified atom stereocenters. The Hall–Kier alpha value is -3.38. The third-order valence-electron chi connectivity index (χ3n) is 3.46. The monoisotopic (exact) mass is 336 g/mol. The Labute approximate surface area is 144 Å². The number of anilines is 1. The molecule has 0 atom stereocenters. The summed E-state index contributed by atoms with van der Waals surface area (Å²) in [6, 6.07) is 16.6. The SMILES string of the molecule is COc1ccc(C(=O)N(O)c2cccc(Oc3cccnc3)c2)cc1. The molecule has 1 aromatic heterocycles. The molecule has 0 saturated heterocycles. The molecule has 25 heavy (non-hydrogen) atoms. The average molecular weight is 336 g/mol. The zero-order valence-corrected chi connectivity index (χ0v) is 13.5. The van der Waals surface area contributed by atoms with Gasteiger partial charge in [0.2, 0.25) is 0 Å². The van der Waals surface area contributed by atoms with Crippen LogP contribution in [0, 0.1) is 0 Å². The Morgan fingerprint density at radius 2 is 1.76 bits per heavy atom. The first-order valence-corrected chi connectivity index (χ1v) is 7.53. The number of pyridine rings is 1. The van der Waals surface area contributed by atoms with Gasteiger partial charge in [-0.3, -0.25) is 15.0 Å². The molecule has 0 aliphatic rings. The highest BCUT2D eigenvalue weighted by molar-refractivity contribution is 6.04. The number of methoxy groups -OCH3 is 1. The third-order valence-corrected chi connectivity index (χ3v) is 3.46. The molecule has 2 aromatic carbocycles. The molecule has 1 heterocycles. The summed E-state index contributed by atoms with van der Waals surface area (Å²) >= 11 is 0. The summed E-state index contributed by atoms with van der Waals surface area (Å²) in [4.78, 5) is 16.4. The summed E-state index contributed by atoms with van der Waals surface area (Å²) in [5, 5.41) is 10.8. The lowest BCUT2D eigenvalue weighted by atomic mass is 10.2. The number of carbonyl (C=O) groups is 1. The van der Waals surface area contributed by atoms with Gasteiger partial charge in [0.1, 0.15) is 17.2 Å². The second kappa shape index (κ2) is 7.46. The fraction of sp³-hybridized carbons (Fsp3) is 0.0526. The van der Waals surface area contributed by atoms with Crippen molar-refractivity contribution >= 4 is 11.6 Å². The molecule has 0 radical (unpaired) electrons. The number of nitrogens with zero attached hydrogens (tertiary/aromatic N) is 2. The predicted molar refractivity (Wildman–Crippen MR) is 92.3 cm³/mol. The van der Waals surface area contributed by atoms with Crippen molar-refractivity contribution in [1.29, 1.82) is 0 Å². The van der Waals surface area contributed by atoms with Crippen LogP contribution in [0.2, 0.25) is 0 Å². The quantitative estimate of drug-likeness (QED) is 0.565. The highest BCUT2D eigenvalue weighted by Crippen LogP contribution is 2.26. The van der Waals surface area contributed by atoms with Crippen LogP contribution in [0.5, 0.6) is 17.2 Å². The maximum absolute atomic E-state index is 12.4. The molecule has 0 saturated carbocycles. The summed E-state index contributed by atoms with van der Waals surface area (Å²) in [6.07, 6.45) is 3.22. The van der Waals surface area contributed by atoms with Crippen molar-refractivity contribution in [2.75, 3.05) is 12.2 Å². The highest BCUT2D eigenvalue weighted by atomic mass is 16.5. The summed E-state index contributed by atoms with van der Waals surface area (Å²) in [5.74, 6) is 1.12. The van der Waals surface area contributed by atoms with Gasteiger partial charge in [0, 0.05) is 17.8 Å². The van der Waals surface area contributed by atoms with Crippen molar-refractivity contribution in [2.45, 2.75) is 0 Å². The van der Waals surface area contributed by atoms with Crippen LogP contribution in [-0.2, 0) is 0 Å². The number of benzene rings is 2. The molecule has 6 nitrogen and oxygen atoms in total. The third kappa shape index (κ3) is 3.94. The van der Waals surface area contributed by atoms with Crippen molar-refractivity contribution in [3.8, 4) is 17.2 Å². The first-order valence-electron chi connectivity index (χ1n) is 7.53. The van der Waals surface area contributed by atoms with E-state index in [1.165, 1.54) is 0 Å². The van der Waals surface area contributed by atoms with Crippen LogP contribution >= 0.6 is 0 Å². The normalized spacial score (nSPS) is 10.2. The lowest BCUT2D eigenvalue weighted by Crippen LogP contribution is -2.26. The van der Waals surface area contributed by atoms with Crippen molar-refractivity contribution < 1.29 is 19.5 Å². The van der Waals surface area contributed by atoms with Crippen LogP contribution in [0.4, 0.5) is 5.69 Å². The van der Waals surface area contributed by atoms with Gasteiger partial charge in [0.05, 0.1) is 19.0 Å². The van der Waals surface area contributed by atoms with Crippen LogP contribution in [0.1, 0.15) is 10.4 Å². The molecule has 1 amide bonds. The number of ether oxygens (including phenoxy) is 2. The van der Waals surface area contributed by atoms with Gasteiger partial charge in [-0.05, 0) is 48.5 Å². The zero-order chi connectivity index (χ0) is 17.6. The van der Waals surface area contributed by atoms with Crippen LogP contribution in [0.3, 0.4) is 0 Å². The Bertz CT molecular complexity index is 851. The van der Waals surface area contributed by atoms with Gasteiger partial charge in [0.25, 0.3) is 5.91 Å². The minimum atomic E-state index is -0.554. The van der Waals surface area contributed by atoms with Crippen molar-refractivity contribution in [3.05, 3.63) is 78.6 Å². The number of aromatic nitrogens is 1. The van der Waals surface area contributed by atoms with Crippen molar-refractivity contribution in [1.82, 2.24) is 4.98 Å². The molecule has 0 spiro atoms. The first kappa shape index (κ1) is 16.5. The summed E-state index contributed by atoms with van der Waals surface area (Å²) in [7, 11) is 1.54. The molecule has 3 aromatic rings. The maximum Gasteiger partial charge on any atom is 0.281 e. The summed E-state index contributed by atoms with van der Waals surface area (Å²) in [6.45, 7) is 0. The molecule has 1 N–H and O–H groups in total. The lowest BCUT2D eigenvalue weighted by molar-refractivity contribution is 0.0854. The minimum absolute atomic E-state index is 0.294. The van der Waals surface area contributed by atoms with E-state index < -0.39 is 5.91 Å². The van der Waals surface area contributed by atoms with Gasteiger partial charge >= 0.3 is 0 Å². The minimum Gasteiger partial charge on any atom is -0.497 e. The largest absolute Gasteiger partial charge is 0.497 e. The van der Waals surface area contributed by atoms with Crippen LogP contribution < -0.4 is 14.5 Å². The molecule has 3 rings (SSSR count). The summed E-state index contributed by atoms with van der Waals surface area (Å²) in [5.41, 5.74) is 0.629. The summed E-state index contributed by atoms with van der Waals surface area (Å²) < 4.78 is 10.7. The van der Waals surface area contributed by atoms with E-state index in [0.717, 1.165) is 0 Å². The number of rotatable bonds is 5. The Balaban J connectivity index is 1.78. The van der Waals surface area contributed by atoms with Crippen LogP contribution in [-0.4, -0.2) is 23.2 Å². The number of hydrogen-bond acceptors (Lipinski definition) is 5. The van der Waals surface area contributed by atoms with Gasteiger partial charge in [0.15, 0.2) is 0 Å². The number of amides is 1. The standard InChI is InChI=1S/C19H16N2O4/c1-24-16-9-7-14(8-10-16)19(22)21(23)15-4-2-5-17(12-15)25-18-6-3-11-20-13-18/h2-13,23H,1H3. The maximum atomic E-state index is 12.4.